The van der Waals surface area contributed by atoms with Crippen LogP contribution in [0.1, 0.15) is 28.6 Å². The van der Waals surface area contributed by atoms with E-state index in [0.717, 1.165) is 21.5 Å². The molecule has 0 bridgehead atoms. The van der Waals surface area contributed by atoms with E-state index < -0.39 is 0 Å². The van der Waals surface area contributed by atoms with Gasteiger partial charge in [0.25, 0.3) is 5.91 Å². The van der Waals surface area contributed by atoms with Crippen LogP contribution in [0.25, 0.3) is 22.2 Å². The molecular formula is C25H22ClN3O3S. The molecule has 6 nitrogen and oxygen atoms in total. The average Bonchev–Trinajstić information content (AvgIpc) is 3.29. The maximum atomic E-state index is 13.2. The first-order valence-corrected chi connectivity index (χ1v) is 11.5. The Morgan fingerprint density at radius 1 is 1.09 bits per heavy atom. The number of benzene rings is 2. The van der Waals surface area contributed by atoms with E-state index in [1.807, 2.05) is 55.5 Å². The summed E-state index contributed by atoms with van der Waals surface area (Å²) in [5.74, 6) is 0.949. The average molecular weight is 480 g/mol. The first kappa shape index (κ1) is 22.8. The van der Waals surface area contributed by atoms with Crippen molar-refractivity contribution in [2.24, 2.45) is 5.10 Å². The molecular weight excluding hydrogens is 458 g/mol. The van der Waals surface area contributed by atoms with Gasteiger partial charge >= 0.3 is 0 Å². The summed E-state index contributed by atoms with van der Waals surface area (Å²) in [5, 5.41) is 5.11. The maximum absolute atomic E-state index is 13.2. The number of halogens is 1. The van der Waals surface area contributed by atoms with Crippen LogP contribution < -0.4 is 14.9 Å². The number of hydrogen-bond donors (Lipinski definition) is 1. The number of nitrogens with zero attached hydrogens (tertiary/aromatic N) is 2. The molecule has 0 saturated heterocycles. The number of amides is 1. The summed E-state index contributed by atoms with van der Waals surface area (Å²) in [4.78, 5) is 18.9. The molecule has 0 saturated carbocycles. The van der Waals surface area contributed by atoms with Crippen molar-refractivity contribution in [2.75, 3.05) is 14.2 Å². The highest BCUT2D eigenvalue weighted by Crippen LogP contribution is 2.34. The Morgan fingerprint density at radius 3 is 2.61 bits per heavy atom. The number of carbonyl (C=O) groups is 1. The monoisotopic (exact) mass is 479 g/mol. The Labute approximate surface area is 200 Å². The van der Waals surface area contributed by atoms with Gasteiger partial charge in [-0.1, -0.05) is 36.7 Å². The quantitative estimate of drug-likeness (QED) is 0.254. The fourth-order valence-electron chi connectivity index (χ4n) is 3.47. The second kappa shape index (κ2) is 10.0. The number of methoxy groups -OCH3 is 2. The van der Waals surface area contributed by atoms with Crippen LogP contribution in [0.5, 0.6) is 11.5 Å². The molecule has 0 atom stereocenters. The summed E-state index contributed by atoms with van der Waals surface area (Å²) in [6, 6.07) is 18.5. The number of carbonyl (C=O) groups excluding carboxylic acids is 1. The molecule has 0 radical (unpaired) electrons. The molecule has 0 aliphatic carbocycles. The Hall–Kier alpha value is -3.42. The van der Waals surface area contributed by atoms with E-state index in [9.17, 15) is 4.79 Å². The molecule has 168 valence electrons. The third kappa shape index (κ3) is 4.84. The number of hydrogen-bond acceptors (Lipinski definition) is 6. The zero-order valence-corrected chi connectivity index (χ0v) is 20.0. The van der Waals surface area contributed by atoms with E-state index in [1.54, 1.807) is 26.4 Å². The van der Waals surface area contributed by atoms with E-state index in [4.69, 9.17) is 26.1 Å². The Bertz CT molecular complexity index is 1350. The first-order valence-electron chi connectivity index (χ1n) is 10.3. The molecule has 2 heterocycles. The number of hydrazone groups is 1. The van der Waals surface area contributed by atoms with Gasteiger partial charge in [0.15, 0.2) is 0 Å². The molecule has 2 aromatic heterocycles. The van der Waals surface area contributed by atoms with Crippen molar-refractivity contribution >= 4 is 45.5 Å². The van der Waals surface area contributed by atoms with E-state index in [-0.39, 0.29) is 5.91 Å². The predicted molar refractivity (Wildman–Crippen MR) is 134 cm³/mol. The maximum Gasteiger partial charge on any atom is 0.272 e. The number of pyridine rings is 1. The summed E-state index contributed by atoms with van der Waals surface area (Å²) in [6.07, 6.45) is 0.655. The van der Waals surface area contributed by atoms with Gasteiger partial charge in [-0.3, -0.25) is 4.79 Å². The molecule has 0 spiro atoms. The van der Waals surface area contributed by atoms with Crippen molar-refractivity contribution in [3.05, 3.63) is 75.4 Å². The second-order valence-corrected chi connectivity index (χ2v) is 8.81. The normalized spacial score (nSPS) is 11.5. The minimum Gasteiger partial charge on any atom is -0.497 e. The largest absolute Gasteiger partial charge is 0.497 e. The van der Waals surface area contributed by atoms with Gasteiger partial charge in [-0.2, -0.15) is 5.10 Å². The van der Waals surface area contributed by atoms with Crippen molar-refractivity contribution in [1.82, 2.24) is 10.4 Å². The lowest BCUT2D eigenvalue weighted by molar-refractivity contribution is 0.0956. The number of ether oxygens (including phenoxy) is 2. The second-order valence-electron chi connectivity index (χ2n) is 7.10. The number of fused-ring (bicyclic) bond motifs is 1. The molecule has 4 rings (SSSR count). The molecule has 0 unspecified atom stereocenters. The minimum atomic E-state index is -0.323. The number of para-hydroxylation sites is 1. The lowest BCUT2D eigenvalue weighted by atomic mass is 10.0. The van der Waals surface area contributed by atoms with Crippen LogP contribution in [0.4, 0.5) is 0 Å². The number of nitrogens with one attached hydrogen (secondary N) is 1. The summed E-state index contributed by atoms with van der Waals surface area (Å²) >= 11 is 7.48. The van der Waals surface area contributed by atoms with Gasteiger partial charge in [0.2, 0.25) is 0 Å². The fraction of sp³-hybridized carbons (Fsp3) is 0.160. The molecule has 33 heavy (non-hydrogen) atoms. The SMILES string of the molecule is CCC(=NNC(=O)c1cc(-c2ccc(OC)cc2OC)nc2ccccc12)c1ccc(Cl)s1. The number of rotatable bonds is 7. The predicted octanol–water partition coefficient (Wildman–Crippen LogP) is 6.18. The van der Waals surface area contributed by atoms with Gasteiger partial charge in [0.05, 0.1) is 45.9 Å². The standard InChI is InChI=1S/C25H22ClN3O3S/c1-4-19(23-11-12-24(26)33-23)28-29-25(30)18-14-21(27-20-8-6-5-7-16(18)20)17-10-9-15(31-2)13-22(17)32-3/h5-14H,4H2,1-3H3,(H,29,30). The van der Waals surface area contributed by atoms with E-state index >= 15 is 0 Å². The number of thiophene rings is 1. The molecule has 1 amide bonds. The van der Waals surface area contributed by atoms with Gasteiger partial charge < -0.3 is 9.47 Å². The smallest absolute Gasteiger partial charge is 0.272 e. The molecule has 0 fully saturated rings. The molecule has 0 aliphatic rings. The third-order valence-corrected chi connectivity index (χ3v) is 6.41. The molecule has 0 aliphatic heterocycles. The summed E-state index contributed by atoms with van der Waals surface area (Å²) in [6.45, 7) is 1.98. The van der Waals surface area contributed by atoms with Crippen LogP contribution in [0.3, 0.4) is 0 Å². The van der Waals surface area contributed by atoms with Crippen LogP contribution in [0.2, 0.25) is 4.34 Å². The highest BCUT2D eigenvalue weighted by Gasteiger charge is 2.17. The summed E-state index contributed by atoms with van der Waals surface area (Å²) in [7, 11) is 3.19. The molecule has 8 heteroatoms. The Kier molecular flexibility index (Phi) is 6.91. The van der Waals surface area contributed by atoms with Crippen molar-refractivity contribution < 1.29 is 14.3 Å². The summed E-state index contributed by atoms with van der Waals surface area (Å²) in [5.41, 5.74) is 6.00. The number of aromatic nitrogens is 1. The van der Waals surface area contributed by atoms with Crippen molar-refractivity contribution in [3.8, 4) is 22.8 Å². The van der Waals surface area contributed by atoms with Crippen LogP contribution in [0, 0.1) is 0 Å². The fourth-order valence-corrected chi connectivity index (χ4v) is 4.57. The van der Waals surface area contributed by atoms with Crippen molar-refractivity contribution in [1.29, 1.82) is 0 Å². The van der Waals surface area contributed by atoms with Gasteiger partial charge in [-0.25, -0.2) is 10.4 Å². The van der Waals surface area contributed by atoms with Crippen LogP contribution in [-0.4, -0.2) is 30.8 Å². The van der Waals surface area contributed by atoms with Gasteiger partial charge in [0, 0.05) is 17.0 Å². The first-order chi connectivity index (χ1) is 16.0. The molecule has 1 N–H and O–H groups in total. The lowest BCUT2D eigenvalue weighted by Crippen LogP contribution is -2.20. The zero-order valence-electron chi connectivity index (χ0n) is 18.4. The topological polar surface area (TPSA) is 72.8 Å². The lowest BCUT2D eigenvalue weighted by Gasteiger charge is -2.13. The van der Waals surface area contributed by atoms with Crippen LogP contribution in [0.15, 0.2) is 65.8 Å². The summed E-state index contributed by atoms with van der Waals surface area (Å²) < 4.78 is 11.5. The minimum absolute atomic E-state index is 0.323. The van der Waals surface area contributed by atoms with E-state index in [2.05, 4.69) is 10.5 Å². The highest BCUT2D eigenvalue weighted by atomic mass is 35.5. The van der Waals surface area contributed by atoms with Crippen molar-refractivity contribution in [3.63, 3.8) is 0 Å². The highest BCUT2D eigenvalue weighted by molar-refractivity contribution is 7.18. The van der Waals surface area contributed by atoms with Gasteiger partial charge in [0.1, 0.15) is 11.5 Å². The van der Waals surface area contributed by atoms with Gasteiger partial charge in [-0.05, 0) is 42.8 Å². The molecule has 4 aromatic rings. The zero-order chi connectivity index (χ0) is 23.4. The Morgan fingerprint density at radius 2 is 1.91 bits per heavy atom. The van der Waals surface area contributed by atoms with Gasteiger partial charge in [-0.15, -0.1) is 11.3 Å². The van der Waals surface area contributed by atoms with Crippen LogP contribution in [-0.2, 0) is 0 Å². The third-order valence-electron chi connectivity index (χ3n) is 5.13. The van der Waals surface area contributed by atoms with Crippen molar-refractivity contribution in [2.45, 2.75) is 13.3 Å². The Balaban J connectivity index is 1.76. The van der Waals surface area contributed by atoms with E-state index in [0.29, 0.717) is 39.0 Å². The van der Waals surface area contributed by atoms with E-state index in [1.165, 1.54) is 11.3 Å². The van der Waals surface area contributed by atoms with Crippen LogP contribution >= 0.6 is 22.9 Å². The molecule has 2 aromatic carbocycles.